The Labute approximate surface area is 134 Å². The molecule has 120 valence electrons. The summed E-state index contributed by atoms with van der Waals surface area (Å²) in [6.07, 6.45) is 3.13. The Kier molecular flexibility index (Phi) is 3.75. The predicted octanol–water partition coefficient (Wildman–Crippen LogP) is 1.92. The van der Waals surface area contributed by atoms with Crippen LogP contribution in [-0.2, 0) is 11.2 Å². The van der Waals surface area contributed by atoms with Gasteiger partial charge in [0.15, 0.2) is 0 Å². The van der Waals surface area contributed by atoms with Crippen molar-refractivity contribution >= 4 is 5.91 Å². The van der Waals surface area contributed by atoms with Crippen LogP contribution < -0.4 is 10.1 Å². The first-order valence-electron chi connectivity index (χ1n) is 8.01. The molecule has 1 fully saturated rings. The monoisotopic (exact) mass is 313 g/mol. The molecule has 2 aliphatic rings. The van der Waals surface area contributed by atoms with E-state index >= 15 is 0 Å². The number of rotatable bonds is 4. The minimum Gasteiger partial charge on any atom is -0.493 e. The van der Waals surface area contributed by atoms with Crippen molar-refractivity contribution in [3.63, 3.8) is 0 Å². The highest BCUT2D eigenvalue weighted by Crippen LogP contribution is 2.29. The van der Waals surface area contributed by atoms with Crippen molar-refractivity contribution in [3.8, 4) is 17.0 Å². The average Bonchev–Trinajstić information content (AvgIpc) is 3.32. The van der Waals surface area contributed by atoms with E-state index in [0.717, 1.165) is 49.5 Å². The van der Waals surface area contributed by atoms with Gasteiger partial charge in [0.25, 0.3) is 5.91 Å². The van der Waals surface area contributed by atoms with Crippen molar-refractivity contribution in [2.75, 3.05) is 19.8 Å². The quantitative estimate of drug-likeness (QED) is 0.904. The van der Waals surface area contributed by atoms with Gasteiger partial charge in [-0.3, -0.25) is 9.89 Å². The summed E-state index contributed by atoms with van der Waals surface area (Å²) in [6.45, 7) is 2.07. The van der Waals surface area contributed by atoms with Gasteiger partial charge in [-0.25, -0.2) is 0 Å². The van der Waals surface area contributed by atoms with E-state index in [9.17, 15) is 4.79 Å². The molecule has 1 atom stereocenters. The molecule has 3 heterocycles. The lowest BCUT2D eigenvalue weighted by atomic mass is 10.1. The van der Waals surface area contributed by atoms with Crippen LogP contribution in [0, 0.1) is 0 Å². The molecule has 1 saturated heterocycles. The maximum atomic E-state index is 12.2. The van der Waals surface area contributed by atoms with Crippen molar-refractivity contribution in [1.29, 1.82) is 0 Å². The largest absolute Gasteiger partial charge is 0.493 e. The molecule has 6 nitrogen and oxygen atoms in total. The molecular formula is C17H19N3O3. The number of aromatic nitrogens is 2. The summed E-state index contributed by atoms with van der Waals surface area (Å²) >= 11 is 0. The number of ether oxygens (including phenoxy) is 2. The van der Waals surface area contributed by atoms with Crippen LogP contribution in [0.1, 0.15) is 28.9 Å². The third kappa shape index (κ3) is 2.94. The average molecular weight is 313 g/mol. The number of nitrogens with one attached hydrogen (secondary N) is 2. The molecule has 1 aromatic heterocycles. The Morgan fingerprint density at radius 1 is 1.35 bits per heavy atom. The molecule has 2 aromatic rings. The summed E-state index contributed by atoms with van der Waals surface area (Å²) in [5.74, 6) is 0.794. The number of carbonyl (C=O) groups excluding carboxylic acids is 1. The Bertz CT molecular complexity index is 720. The van der Waals surface area contributed by atoms with E-state index in [4.69, 9.17) is 9.47 Å². The van der Waals surface area contributed by atoms with Gasteiger partial charge >= 0.3 is 0 Å². The van der Waals surface area contributed by atoms with E-state index in [1.54, 1.807) is 6.07 Å². The number of hydrogen-bond acceptors (Lipinski definition) is 4. The van der Waals surface area contributed by atoms with Crippen LogP contribution in [-0.4, -0.2) is 42.0 Å². The minimum absolute atomic E-state index is 0.137. The molecular weight excluding hydrogens is 294 g/mol. The highest BCUT2D eigenvalue weighted by atomic mass is 16.5. The van der Waals surface area contributed by atoms with Gasteiger partial charge in [-0.15, -0.1) is 0 Å². The number of aromatic amines is 1. The summed E-state index contributed by atoms with van der Waals surface area (Å²) in [7, 11) is 0. The van der Waals surface area contributed by atoms with Crippen LogP contribution in [0.3, 0.4) is 0 Å². The van der Waals surface area contributed by atoms with Gasteiger partial charge in [0.1, 0.15) is 11.4 Å². The second-order valence-electron chi connectivity index (χ2n) is 5.93. The number of hydrogen-bond donors (Lipinski definition) is 2. The summed E-state index contributed by atoms with van der Waals surface area (Å²) in [6, 6.07) is 7.78. The van der Waals surface area contributed by atoms with Gasteiger partial charge in [0.05, 0.1) is 18.4 Å². The number of fused-ring (bicyclic) bond motifs is 1. The molecule has 0 spiro atoms. The Morgan fingerprint density at radius 2 is 2.30 bits per heavy atom. The van der Waals surface area contributed by atoms with Crippen LogP contribution >= 0.6 is 0 Å². The van der Waals surface area contributed by atoms with E-state index in [0.29, 0.717) is 12.2 Å². The molecule has 0 unspecified atom stereocenters. The maximum absolute atomic E-state index is 12.2. The molecule has 1 amide bonds. The molecule has 4 rings (SSSR count). The molecule has 0 bridgehead atoms. The van der Waals surface area contributed by atoms with Crippen molar-refractivity contribution in [2.24, 2.45) is 0 Å². The zero-order chi connectivity index (χ0) is 15.6. The zero-order valence-electron chi connectivity index (χ0n) is 12.8. The van der Waals surface area contributed by atoms with Gasteiger partial charge in [0.2, 0.25) is 0 Å². The van der Waals surface area contributed by atoms with Crippen molar-refractivity contribution in [1.82, 2.24) is 15.5 Å². The Hall–Kier alpha value is -2.34. The molecule has 2 aliphatic heterocycles. The topological polar surface area (TPSA) is 76.2 Å². The molecule has 2 N–H and O–H groups in total. The predicted molar refractivity (Wildman–Crippen MR) is 84.5 cm³/mol. The summed E-state index contributed by atoms with van der Waals surface area (Å²) in [5.41, 5.74) is 3.41. The third-order valence-electron chi connectivity index (χ3n) is 4.32. The highest BCUT2D eigenvalue weighted by Gasteiger charge is 2.18. The summed E-state index contributed by atoms with van der Waals surface area (Å²) in [5, 5.41) is 9.96. The second-order valence-corrected chi connectivity index (χ2v) is 5.93. The van der Waals surface area contributed by atoms with Crippen molar-refractivity contribution in [3.05, 3.63) is 35.5 Å². The number of benzene rings is 1. The molecule has 1 aromatic carbocycles. The van der Waals surface area contributed by atoms with E-state index in [2.05, 4.69) is 21.6 Å². The lowest BCUT2D eigenvalue weighted by molar-refractivity contribution is 0.0853. The Balaban J connectivity index is 1.44. The van der Waals surface area contributed by atoms with Gasteiger partial charge in [0, 0.05) is 25.1 Å². The number of carbonyl (C=O) groups is 1. The van der Waals surface area contributed by atoms with Crippen LogP contribution in [0.4, 0.5) is 0 Å². The maximum Gasteiger partial charge on any atom is 0.269 e. The zero-order valence-corrected chi connectivity index (χ0v) is 12.8. The molecule has 0 saturated carbocycles. The van der Waals surface area contributed by atoms with Crippen LogP contribution in [0.25, 0.3) is 11.3 Å². The van der Waals surface area contributed by atoms with Crippen LogP contribution in [0.2, 0.25) is 0 Å². The van der Waals surface area contributed by atoms with Crippen LogP contribution in [0.15, 0.2) is 24.3 Å². The number of amides is 1. The first kappa shape index (κ1) is 14.3. The van der Waals surface area contributed by atoms with Gasteiger partial charge < -0.3 is 14.8 Å². The first-order valence-corrected chi connectivity index (χ1v) is 8.01. The van der Waals surface area contributed by atoms with E-state index in [1.165, 1.54) is 5.56 Å². The normalized spacial score (nSPS) is 19.4. The van der Waals surface area contributed by atoms with Crippen LogP contribution in [0.5, 0.6) is 5.75 Å². The smallest absolute Gasteiger partial charge is 0.269 e. The molecule has 0 aliphatic carbocycles. The fraction of sp³-hybridized carbons (Fsp3) is 0.412. The molecule has 0 radical (unpaired) electrons. The standard InChI is InChI=1S/C17H19N3O3/c21-17(18-10-13-2-1-6-22-13)15-9-14(19-20-15)11-3-4-16-12(8-11)5-7-23-16/h3-4,8-9,13H,1-2,5-7,10H2,(H,18,21)(H,19,20)/t13-/m0/s1. The van der Waals surface area contributed by atoms with Gasteiger partial charge in [-0.05, 0) is 42.7 Å². The SMILES string of the molecule is O=C(NC[C@@H]1CCCO1)c1cc(-c2ccc3c(c2)CCO3)n[nH]1. The highest BCUT2D eigenvalue weighted by molar-refractivity contribution is 5.93. The van der Waals surface area contributed by atoms with Gasteiger partial charge in [-0.1, -0.05) is 0 Å². The minimum atomic E-state index is -0.149. The first-order chi connectivity index (χ1) is 11.3. The van der Waals surface area contributed by atoms with Gasteiger partial charge in [-0.2, -0.15) is 5.10 Å². The van der Waals surface area contributed by atoms with Crippen molar-refractivity contribution < 1.29 is 14.3 Å². The molecule has 23 heavy (non-hydrogen) atoms. The van der Waals surface area contributed by atoms with E-state index in [-0.39, 0.29) is 12.0 Å². The Morgan fingerprint density at radius 3 is 3.17 bits per heavy atom. The van der Waals surface area contributed by atoms with E-state index < -0.39 is 0 Å². The fourth-order valence-electron chi connectivity index (χ4n) is 3.04. The lowest BCUT2D eigenvalue weighted by Crippen LogP contribution is -2.31. The summed E-state index contributed by atoms with van der Waals surface area (Å²) in [4.78, 5) is 12.2. The van der Waals surface area contributed by atoms with Crippen molar-refractivity contribution in [2.45, 2.75) is 25.4 Å². The third-order valence-corrected chi connectivity index (χ3v) is 4.32. The lowest BCUT2D eigenvalue weighted by Gasteiger charge is -2.09. The van der Waals surface area contributed by atoms with E-state index in [1.807, 2.05) is 12.1 Å². The second kappa shape index (κ2) is 6.04. The number of H-pyrrole nitrogens is 1. The number of nitrogens with zero attached hydrogens (tertiary/aromatic N) is 1. The molecule has 6 heteroatoms. The summed E-state index contributed by atoms with van der Waals surface area (Å²) < 4.78 is 11.0. The fourth-order valence-corrected chi connectivity index (χ4v) is 3.04.